The first-order valence-electron chi connectivity index (χ1n) is 6.48. The Morgan fingerprint density at radius 2 is 2.36 bits per heavy atom. The van der Waals surface area contributed by atoms with Gasteiger partial charge in [-0.2, -0.15) is 4.37 Å². The lowest BCUT2D eigenvalue weighted by Crippen LogP contribution is -2.08. The number of carbonyl (C=O) groups excluding carboxylic acids is 1. The van der Waals surface area contributed by atoms with Crippen LogP contribution in [0.1, 0.15) is 21.7 Å². The number of aromatic nitrogens is 2. The van der Waals surface area contributed by atoms with E-state index < -0.39 is 5.97 Å². The summed E-state index contributed by atoms with van der Waals surface area (Å²) in [6.07, 6.45) is 1.50. The van der Waals surface area contributed by atoms with Crippen LogP contribution in [0.4, 0.5) is 5.00 Å². The van der Waals surface area contributed by atoms with E-state index in [1.54, 1.807) is 14.0 Å². The molecule has 1 N–H and O–H groups in total. The average molecular weight is 335 g/mol. The van der Waals surface area contributed by atoms with Gasteiger partial charge in [0.2, 0.25) is 5.89 Å². The van der Waals surface area contributed by atoms with Crippen molar-refractivity contribution in [2.24, 2.45) is 0 Å². The third-order valence-electron chi connectivity index (χ3n) is 2.93. The Kier molecular flexibility index (Phi) is 4.21. The molecule has 0 aliphatic carbocycles. The molecule has 0 radical (unpaired) electrons. The highest BCUT2D eigenvalue weighted by molar-refractivity contribution is 7.13. The van der Waals surface area contributed by atoms with Crippen molar-refractivity contribution in [1.29, 1.82) is 0 Å². The molecule has 0 aliphatic heterocycles. The Balaban J connectivity index is 1.68. The first-order valence-corrected chi connectivity index (χ1v) is 8.13. The molecule has 0 amide bonds. The summed E-state index contributed by atoms with van der Waals surface area (Å²) in [5.74, 6) is 0.113. The molecule has 3 aromatic heterocycles. The standard InChI is InChI=1S/C14H13N3O3S2/c1-8-11(13(15-2)22-17-8)14(18)20-7-9-6-19-12(16-9)10-4-3-5-21-10/h3-6,15H,7H2,1-2H3. The molecule has 22 heavy (non-hydrogen) atoms. The Labute approximate surface area is 134 Å². The van der Waals surface area contributed by atoms with Crippen molar-refractivity contribution in [2.75, 3.05) is 12.4 Å². The van der Waals surface area contributed by atoms with Gasteiger partial charge in [0.15, 0.2) is 0 Å². The number of hydrogen-bond donors (Lipinski definition) is 1. The van der Waals surface area contributed by atoms with Gasteiger partial charge in [0.05, 0.1) is 10.6 Å². The van der Waals surface area contributed by atoms with E-state index >= 15 is 0 Å². The number of ether oxygens (including phenoxy) is 1. The maximum atomic E-state index is 12.2. The fourth-order valence-electron chi connectivity index (χ4n) is 1.88. The smallest absolute Gasteiger partial charge is 0.343 e. The quantitative estimate of drug-likeness (QED) is 0.718. The van der Waals surface area contributed by atoms with Crippen LogP contribution in [0.2, 0.25) is 0 Å². The summed E-state index contributed by atoms with van der Waals surface area (Å²) in [6, 6.07) is 3.85. The van der Waals surface area contributed by atoms with Crippen LogP contribution in [-0.4, -0.2) is 22.4 Å². The van der Waals surface area contributed by atoms with E-state index in [0.717, 1.165) is 4.88 Å². The zero-order chi connectivity index (χ0) is 15.5. The predicted molar refractivity (Wildman–Crippen MR) is 85.3 cm³/mol. The van der Waals surface area contributed by atoms with Gasteiger partial charge in [-0.05, 0) is 29.9 Å². The Bertz CT molecular complexity index is 777. The monoisotopic (exact) mass is 335 g/mol. The highest BCUT2D eigenvalue weighted by Gasteiger charge is 2.19. The van der Waals surface area contributed by atoms with E-state index in [1.165, 1.54) is 29.1 Å². The van der Waals surface area contributed by atoms with Crippen LogP contribution in [-0.2, 0) is 11.3 Å². The number of nitrogens with zero attached hydrogens (tertiary/aromatic N) is 2. The van der Waals surface area contributed by atoms with Gasteiger partial charge in [-0.15, -0.1) is 11.3 Å². The van der Waals surface area contributed by atoms with Crippen LogP contribution in [0.3, 0.4) is 0 Å². The molecule has 6 nitrogen and oxygen atoms in total. The number of nitrogens with one attached hydrogen (secondary N) is 1. The van der Waals surface area contributed by atoms with Gasteiger partial charge < -0.3 is 14.5 Å². The third kappa shape index (κ3) is 2.88. The lowest BCUT2D eigenvalue weighted by Gasteiger charge is -2.03. The van der Waals surface area contributed by atoms with Gasteiger partial charge in [-0.1, -0.05) is 6.07 Å². The van der Waals surface area contributed by atoms with Crippen LogP contribution in [0, 0.1) is 6.92 Å². The topological polar surface area (TPSA) is 77.2 Å². The van der Waals surface area contributed by atoms with Crippen molar-refractivity contribution in [2.45, 2.75) is 13.5 Å². The molecular formula is C14H13N3O3S2. The molecule has 0 fully saturated rings. The summed E-state index contributed by atoms with van der Waals surface area (Å²) in [7, 11) is 1.74. The number of aryl methyl sites for hydroxylation is 1. The Morgan fingerprint density at radius 3 is 3.09 bits per heavy atom. The number of anilines is 1. The Hall–Kier alpha value is -2.19. The lowest BCUT2D eigenvalue weighted by molar-refractivity contribution is 0.0468. The summed E-state index contributed by atoms with van der Waals surface area (Å²) in [5.41, 5.74) is 1.69. The second kappa shape index (κ2) is 6.29. The molecule has 3 rings (SSSR count). The molecule has 114 valence electrons. The summed E-state index contributed by atoms with van der Waals surface area (Å²) >= 11 is 2.77. The van der Waals surface area contributed by atoms with Crippen molar-refractivity contribution in [3.05, 3.63) is 40.7 Å². The maximum Gasteiger partial charge on any atom is 0.343 e. The molecular weight excluding hydrogens is 322 g/mol. The van der Waals surface area contributed by atoms with Gasteiger partial charge in [-0.3, -0.25) is 0 Å². The van der Waals surface area contributed by atoms with Crippen LogP contribution in [0.15, 0.2) is 28.2 Å². The second-order valence-electron chi connectivity index (χ2n) is 4.42. The minimum Gasteiger partial charge on any atom is -0.455 e. The molecule has 0 atom stereocenters. The summed E-state index contributed by atoms with van der Waals surface area (Å²) < 4.78 is 14.8. The molecule has 0 saturated heterocycles. The lowest BCUT2D eigenvalue weighted by atomic mass is 10.2. The molecule has 0 bridgehead atoms. The average Bonchev–Trinajstić information content (AvgIpc) is 3.24. The van der Waals surface area contributed by atoms with Gasteiger partial charge >= 0.3 is 5.97 Å². The molecule has 0 spiro atoms. The molecule has 8 heteroatoms. The first-order chi connectivity index (χ1) is 10.7. The maximum absolute atomic E-state index is 12.2. The van der Waals surface area contributed by atoms with Gasteiger partial charge in [0, 0.05) is 7.05 Å². The fourth-order valence-corrected chi connectivity index (χ4v) is 3.27. The van der Waals surface area contributed by atoms with E-state index in [9.17, 15) is 4.79 Å². The van der Waals surface area contributed by atoms with Gasteiger partial charge in [0.1, 0.15) is 29.1 Å². The number of hydrogen-bond acceptors (Lipinski definition) is 8. The SMILES string of the molecule is CNc1snc(C)c1C(=O)OCc1coc(-c2cccs2)n1. The normalized spacial score (nSPS) is 10.6. The summed E-state index contributed by atoms with van der Waals surface area (Å²) in [4.78, 5) is 17.4. The third-order valence-corrected chi connectivity index (χ3v) is 4.74. The van der Waals surface area contributed by atoms with Crippen LogP contribution < -0.4 is 5.32 Å². The fraction of sp³-hybridized carbons (Fsp3) is 0.214. The van der Waals surface area contributed by atoms with Crippen LogP contribution in [0.5, 0.6) is 0 Å². The van der Waals surface area contributed by atoms with Crippen LogP contribution in [0.25, 0.3) is 10.8 Å². The second-order valence-corrected chi connectivity index (χ2v) is 6.14. The van der Waals surface area contributed by atoms with E-state index in [1.807, 2.05) is 17.5 Å². The van der Waals surface area contributed by atoms with Crippen molar-refractivity contribution < 1.29 is 13.9 Å². The predicted octanol–water partition coefficient (Wildman–Crippen LogP) is 3.57. The highest BCUT2D eigenvalue weighted by atomic mass is 32.1. The molecule has 0 unspecified atom stereocenters. The van der Waals surface area contributed by atoms with Gasteiger partial charge in [0.25, 0.3) is 0 Å². The van der Waals surface area contributed by atoms with Crippen molar-refractivity contribution >= 4 is 33.8 Å². The zero-order valence-electron chi connectivity index (χ0n) is 12.0. The number of esters is 1. The number of oxazole rings is 1. The van der Waals surface area contributed by atoms with Crippen molar-refractivity contribution in [1.82, 2.24) is 9.36 Å². The molecule has 0 aliphatic rings. The molecule has 3 heterocycles. The number of thiophene rings is 1. The van der Waals surface area contributed by atoms with E-state index in [-0.39, 0.29) is 6.61 Å². The minimum absolute atomic E-state index is 0.0617. The van der Waals surface area contributed by atoms with Gasteiger partial charge in [-0.25, -0.2) is 9.78 Å². The van der Waals surface area contributed by atoms with Crippen molar-refractivity contribution in [3.8, 4) is 10.8 Å². The summed E-state index contributed by atoms with van der Waals surface area (Å²) in [5, 5.41) is 5.59. The van der Waals surface area contributed by atoms with E-state index in [2.05, 4.69) is 14.7 Å². The summed E-state index contributed by atoms with van der Waals surface area (Å²) in [6.45, 7) is 1.84. The van der Waals surface area contributed by atoms with E-state index in [0.29, 0.717) is 27.8 Å². The molecule has 0 saturated carbocycles. The number of carbonyl (C=O) groups is 1. The largest absolute Gasteiger partial charge is 0.455 e. The number of rotatable bonds is 5. The highest BCUT2D eigenvalue weighted by Crippen LogP contribution is 2.26. The van der Waals surface area contributed by atoms with E-state index in [4.69, 9.17) is 9.15 Å². The molecule has 0 aromatic carbocycles. The van der Waals surface area contributed by atoms with Crippen molar-refractivity contribution in [3.63, 3.8) is 0 Å². The molecule has 3 aromatic rings. The first kappa shape index (κ1) is 14.7. The minimum atomic E-state index is -0.420. The van der Waals surface area contributed by atoms with Crippen LogP contribution >= 0.6 is 22.9 Å². The zero-order valence-corrected chi connectivity index (χ0v) is 13.6. The Morgan fingerprint density at radius 1 is 1.50 bits per heavy atom.